The predicted octanol–water partition coefficient (Wildman–Crippen LogP) is 2.90. The summed E-state index contributed by atoms with van der Waals surface area (Å²) in [7, 11) is 0. The first kappa shape index (κ1) is 13.6. The summed E-state index contributed by atoms with van der Waals surface area (Å²) in [5.41, 5.74) is 11.0. The molecule has 0 unspecified atom stereocenters. The molecule has 0 bridgehead atoms. The molecule has 4 nitrogen and oxygen atoms in total. The quantitative estimate of drug-likeness (QED) is 0.643. The van der Waals surface area contributed by atoms with Crippen LogP contribution in [-0.4, -0.2) is 5.91 Å². The normalized spacial score (nSPS) is 10.2. The lowest BCUT2D eigenvalue weighted by Crippen LogP contribution is -2.14. The molecule has 0 heterocycles. The highest BCUT2D eigenvalue weighted by molar-refractivity contribution is 14.1. The molecule has 0 aliphatic rings. The minimum Gasteiger partial charge on any atom is -0.454 e. The van der Waals surface area contributed by atoms with Gasteiger partial charge < -0.3 is 16.2 Å². The van der Waals surface area contributed by atoms with E-state index in [0.717, 1.165) is 9.64 Å². The van der Waals surface area contributed by atoms with Crippen LogP contribution in [0.3, 0.4) is 0 Å². The van der Waals surface area contributed by atoms with Crippen molar-refractivity contribution >= 4 is 34.2 Å². The standard InChI is InChI=1S/C13H10FIN2O2/c14-8-2-1-3-11(12(8)13(17)18)19-10-5-4-7(15)6-9(10)16/h1-6H,16H2,(H2,17,18). The number of ether oxygens (including phenoxy) is 1. The summed E-state index contributed by atoms with van der Waals surface area (Å²) in [6, 6.07) is 9.17. The molecule has 0 fully saturated rings. The highest BCUT2D eigenvalue weighted by Gasteiger charge is 2.16. The van der Waals surface area contributed by atoms with E-state index >= 15 is 0 Å². The minimum absolute atomic E-state index is 0.0420. The molecule has 0 atom stereocenters. The van der Waals surface area contributed by atoms with E-state index in [2.05, 4.69) is 22.6 Å². The molecule has 2 aromatic rings. The van der Waals surface area contributed by atoms with Crippen molar-refractivity contribution in [1.82, 2.24) is 0 Å². The first-order chi connectivity index (χ1) is 8.99. The van der Waals surface area contributed by atoms with Crippen molar-refractivity contribution in [3.05, 3.63) is 51.3 Å². The van der Waals surface area contributed by atoms with Crippen molar-refractivity contribution in [2.24, 2.45) is 5.73 Å². The van der Waals surface area contributed by atoms with E-state index in [-0.39, 0.29) is 11.3 Å². The minimum atomic E-state index is -0.891. The zero-order chi connectivity index (χ0) is 14.0. The number of anilines is 1. The molecule has 0 aromatic heterocycles. The Labute approximate surface area is 122 Å². The summed E-state index contributed by atoms with van der Waals surface area (Å²) in [4.78, 5) is 11.2. The second kappa shape index (κ2) is 5.43. The van der Waals surface area contributed by atoms with Gasteiger partial charge in [-0.15, -0.1) is 0 Å². The maximum atomic E-state index is 13.6. The summed E-state index contributed by atoms with van der Waals surface area (Å²) in [6.07, 6.45) is 0. The van der Waals surface area contributed by atoms with Gasteiger partial charge in [-0.1, -0.05) is 6.07 Å². The largest absolute Gasteiger partial charge is 0.454 e. The molecule has 6 heteroatoms. The zero-order valence-electron chi connectivity index (χ0n) is 9.69. The SMILES string of the molecule is NC(=O)c1c(F)cccc1Oc1ccc(I)cc1N. The van der Waals surface area contributed by atoms with Crippen LogP contribution in [0.25, 0.3) is 0 Å². The van der Waals surface area contributed by atoms with Gasteiger partial charge in [0, 0.05) is 3.57 Å². The van der Waals surface area contributed by atoms with Crippen LogP contribution in [0.1, 0.15) is 10.4 Å². The second-order valence-electron chi connectivity index (χ2n) is 3.76. The second-order valence-corrected chi connectivity index (χ2v) is 5.01. The van der Waals surface area contributed by atoms with Gasteiger partial charge in [-0.2, -0.15) is 0 Å². The highest BCUT2D eigenvalue weighted by atomic mass is 127. The van der Waals surface area contributed by atoms with Crippen LogP contribution in [0.4, 0.5) is 10.1 Å². The number of nitrogen functional groups attached to an aromatic ring is 1. The van der Waals surface area contributed by atoms with Gasteiger partial charge in [0.05, 0.1) is 5.69 Å². The smallest absolute Gasteiger partial charge is 0.255 e. The van der Waals surface area contributed by atoms with Gasteiger partial charge in [0.1, 0.15) is 22.9 Å². The Balaban J connectivity index is 2.44. The first-order valence-electron chi connectivity index (χ1n) is 5.30. The summed E-state index contributed by atoms with van der Waals surface area (Å²) >= 11 is 2.11. The van der Waals surface area contributed by atoms with Gasteiger partial charge >= 0.3 is 0 Å². The van der Waals surface area contributed by atoms with Crippen LogP contribution in [0.15, 0.2) is 36.4 Å². The molecule has 1 amide bonds. The molecule has 98 valence electrons. The van der Waals surface area contributed by atoms with Crippen molar-refractivity contribution in [3.8, 4) is 11.5 Å². The topological polar surface area (TPSA) is 78.3 Å². The zero-order valence-corrected chi connectivity index (χ0v) is 11.8. The number of hydrogen-bond acceptors (Lipinski definition) is 3. The van der Waals surface area contributed by atoms with E-state index in [1.807, 2.05) is 0 Å². The van der Waals surface area contributed by atoms with Crippen molar-refractivity contribution in [1.29, 1.82) is 0 Å². The lowest BCUT2D eigenvalue weighted by Gasteiger charge is -2.11. The van der Waals surface area contributed by atoms with E-state index in [4.69, 9.17) is 16.2 Å². The van der Waals surface area contributed by atoms with Crippen molar-refractivity contribution in [2.75, 3.05) is 5.73 Å². The summed E-state index contributed by atoms with van der Waals surface area (Å²) in [6.45, 7) is 0. The number of carbonyl (C=O) groups is 1. The van der Waals surface area contributed by atoms with Crippen LogP contribution < -0.4 is 16.2 Å². The van der Waals surface area contributed by atoms with Gasteiger partial charge in [0.25, 0.3) is 5.91 Å². The number of halogens is 2. The Kier molecular flexibility index (Phi) is 3.89. The molecule has 2 rings (SSSR count). The fourth-order valence-electron chi connectivity index (χ4n) is 1.56. The fourth-order valence-corrected chi connectivity index (χ4v) is 2.07. The monoisotopic (exact) mass is 372 g/mol. The third-order valence-corrected chi connectivity index (χ3v) is 3.08. The molecule has 2 aromatic carbocycles. The molecular formula is C13H10FIN2O2. The number of amides is 1. The molecule has 0 aliphatic carbocycles. The van der Waals surface area contributed by atoms with Crippen molar-refractivity contribution in [2.45, 2.75) is 0 Å². The van der Waals surface area contributed by atoms with Crippen LogP contribution in [0.2, 0.25) is 0 Å². The van der Waals surface area contributed by atoms with E-state index in [1.165, 1.54) is 12.1 Å². The Bertz CT molecular complexity index is 647. The van der Waals surface area contributed by atoms with E-state index in [1.54, 1.807) is 18.2 Å². The average Bonchev–Trinajstić information content (AvgIpc) is 2.32. The maximum Gasteiger partial charge on any atom is 0.255 e. The fraction of sp³-hybridized carbons (Fsp3) is 0. The van der Waals surface area contributed by atoms with E-state index in [9.17, 15) is 9.18 Å². The van der Waals surface area contributed by atoms with Crippen molar-refractivity contribution < 1.29 is 13.9 Å². The number of benzene rings is 2. The molecule has 0 radical (unpaired) electrons. The lowest BCUT2D eigenvalue weighted by atomic mass is 10.2. The molecule has 0 aliphatic heterocycles. The van der Waals surface area contributed by atoms with Gasteiger partial charge in [-0.25, -0.2) is 4.39 Å². The van der Waals surface area contributed by atoms with Crippen LogP contribution in [0, 0.1) is 9.39 Å². The van der Waals surface area contributed by atoms with Gasteiger partial charge in [-0.3, -0.25) is 4.79 Å². The predicted molar refractivity (Wildman–Crippen MR) is 78.6 cm³/mol. The van der Waals surface area contributed by atoms with E-state index in [0.29, 0.717) is 11.4 Å². The first-order valence-corrected chi connectivity index (χ1v) is 6.38. The number of hydrogen-bond donors (Lipinski definition) is 2. The van der Waals surface area contributed by atoms with Gasteiger partial charge in [-0.05, 0) is 52.9 Å². The van der Waals surface area contributed by atoms with Crippen LogP contribution in [0.5, 0.6) is 11.5 Å². The number of carbonyl (C=O) groups excluding carboxylic acids is 1. The maximum absolute atomic E-state index is 13.6. The summed E-state index contributed by atoms with van der Waals surface area (Å²) in [5, 5.41) is 0. The van der Waals surface area contributed by atoms with E-state index < -0.39 is 11.7 Å². The molecular weight excluding hydrogens is 362 g/mol. The molecule has 0 saturated heterocycles. The Morgan fingerprint density at radius 2 is 1.95 bits per heavy atom. The molecule has 0 spiro atoms. The Morgan fingerprint density at radius 3 is 2.58 bits per heavy atom. The summed E-state index contributed by atoms with van der Waals surface area (Å²) < 4.78 is 20.0. The third-order valence-electron chi connectivity index (χ3n) is 2.41. The Hall–Kier alpha value is -1.83. The lowest BCUT2D eigenvalue weighted by molar-refractivity contribution is 0.0994. The molecule has 0 saturated carbocycles. The number of nitrogens with two attached hydrogens (primary N) is 2. The van der Waals surface area contributed by atoms with Gasteiger partial charge in [0.15, 0.2) is 0 Å². The number of primary amides is 1. The Morgan fingerprint density at radius 1 is 1.21 bits per heavy atom. The number of rotatable bonds is 3. The summed E-state index contributed by atoms with van der Waals surface area (Å²) in [5.74, 6) is -1.24. The third kappa shape index (κ3) is 2.95. The van der Waals surface area contributed by atoms with Crippen LogP contribution >= 0.6 is 22.6 Å². The molecule has 19 heavy (non-hydrogen) atoms. The molecule has 4 N–H and O–H groups in total. The average molecular weight is 372 g/mol. The van der Waals surface area contributed by atoms with Crippen LogP contribution in [-0.2, 0) is 0 Å². The van der Waals surface area contributed by atoms with Gasteiger partial charge in [0.2, 0.25) is 0 Å². The van der Waals surface area contributed by atoms with Crippen molar-refractivity contribution in [3.63, 3.8) is 0 Å². The highest BCUT2D eigenvalue weighted by Crippen LogP contribution is 2.31.